The number of hydrogen-bond donors (Lipinski definition) is 1. The van der Waals surface area contributed by atoms with Crippen LogP contribution in [0.3, 0.4) is 0 Å². The Bertz CT molecular complexity index is 1000. The van der Waals surface area contributed by atoms with E-state index in [9.17, 15) is 9.18 Å². The van der Waals surface area contributed by atoms with E-state index >= 15 is 0 Å². The van der Waals surface area contributed by atoms with Crippen LogP contribution in [0.4, 0.5) is 4.39 Å². The third-order valence-electron chi connectivity index (χ3n) is 3.58. The van der Waals surface area contributed by atoms with Gasteiger partial charge in [0.05, 0.1) is 12.2 Å². The largest absolute Gasteiger partial charge is 0.345 e. The lowest BCUT2D eigenvalue weighted by Crippen LogP contribution is -2.24. The molecule has 0 aliphatic rings. The van der Waals surface area contributed by atoms with Crippen molar-refractivity contribution in [3.05, 3.63) is 59.0 Å². The molecule has 0 aliphatic carbocycles. The minimum atomic E-state index is -0.660. The van der Waals surface area contributed by atoms with Gasteiger partial charge >= 0.3 is 0 Å². The number of amides is 1. The normalized spacial score (nSPS) is 11.4. The lowest BCUT2D eigenvalue weighted by atomic mass is 10.3. The molecular formula is C15H12FN5OS. The monoisotopic (exact) mass is 329 g/mol. The Kier molecular flexibility index (Phi) is 3.12. The van der Waals surface area contributed by atoms with Gasteiger partial charge in [-0.25, -0.2) is 9.97 Å². The van der Waals surface area contributed by atoms with E-state index in [1.807, 2.05) is 35.2 Å². The van der Waals surface area contributed by atoms with Crippen LogP contribution < -0.4 is 5.32 Å². The van der Waals surface area contributed by atoms with E-state index in [1.54, 1.807) is 12.3 Å². The summed E-state index contributed by atoms with van der Waals surface area (Å²) in [6, 6.07) is 3.54. The van der Waals surface area contributed by atoms with Gasteiger partial charge in [-0.05, 0) is 18.6 Å². The number of rotatable bonds is 3. The van der Waals surface area contributed by atoms with E-state index < -0.39 is 11.9 Å². The Labute approximate surface area is 134 Å². The topological polar surface area (TPSA) is 63.7 Å². The molecule has 116 valence electrons. The molecular weight excluding hydrogens is 317 g/mol. The predicted molar refractivity (Wildman–Crippen MR) is 84.1 cm³/mol. The number of aromatic nitrogens is 4. The summed E-state index contributed by atoms with van der Waals surface area (Å²) < 4.78 is 17.5. The zero-order chi connectivity index (χ0) is 16.0. The highest BCUT2D eigenvalue weighted by Crippen LogP contribution is 2.15. The van der Waals surface area contributed by atoms with Crippen LogP contribution in [0.2, 0.25) is 0 Å². The zero-order valence-corrected chi connectivity index (χ0v) is 13.0. The van der Waals surface area contributed by atoms with E-state index in [4.69, 9.17) is 0 Å². The molecule has 8 heteroatoms. The molecule has 0 aromatic carbocycles. The van der Waals surface area contributed by atoms with Crippen LogP contribution in [-0.4, -0.2) is 24.7 Å². The highest BCUT2D eigenvalue weighted by Gasteiger charge is 2.19. The zero-order valence-electron chi connectivity index (χ0n) is 12.2. The molecule has 0 spiro atoms. The molecule has 0 radical (unpaired) electrons. The van der Waals surface area contributed by atoms with Crippen molar-refractivity contribution in [1.29, 1.82) is 0 Å². The van der Waals surface area contributed by atoms with Gasteiger partial charge in [0.2, 0.25) is 5.95 Å². The summed E-state index contributed by atoms with van der Waals surface area (Å²) in [5, 5.41) is 4.59. The summed E-state index contributed by atoms with van der Waals surface area (Å²) in [7, 11) is 0. The van der Waals surface area contributed by atoms with E-state index in [-0.39, 0.29) is 12.2 Å². The third-order valence-corrected chi connectivity index (χ3v) is 4.35. The number of nitrogens with zero attached hydrogens (tertiary/aromatic N) is 4. The van der Waals surface area contributed by atoms with Crippen LogP contribution in [0, 0.1) is 12.9 Å². The second-order valence-corrected chi connectivity index (χ2v) is 6.02. The van der Waals surface area contributed by atoms with Crippen molar-refractivity contribution in [2.45, 2.75) is 13.5 Å². The minimum absolute atomic E-state index is 0.208. The van der Waals surface area contributed by atoms with Crippen LogP contribution in [0.15, 0.2) is 36.1 Å². The van der Waals surface area contributed by atoms with E-state index in [2.05, 4.69) is 15.3 Å². The quantitative estimate of drug-likeness (QED) is 0.628. The second kappa shape index (κ2) is 5.17. The Morgan fingerprint density at radius 3 is 3.04 bits per heavy atom. The number of imidazole rings is 2. The number of pyridine rings is 1. The molecule has 0 aliphatic heterocycles. The Hall–Kier alpha value is -2.74. The maximum atomic E-state index is 14.3. The van der Waals surface area contributed by atoms with Gasteiger partial charge in [0.1, 0.15) is 5.65 Å². The molecule has 6 nitrogen and oxygen atoms in total. The molecule has 4 rings (SSSR count). The first-order chi connectivity index (χ1) is 11.1. The molecule has 23 heavy (non-hydrogen) atoms. The third kappa shape index (κ3) is 2.27. The molecule has 0 fully saturated rings. The van der Waals surface area contributed by atoms with Crippen molar-refractivity contribution in [3.8, 4) is 0 Å². The number of carbonyl (C=O) groups is 1. The molecule has 0 bridgehead atoms. The minimum Gasteiger partial charge on any atom is -0.345 e. The van der Waals surface area contributed by atoms with Gasteiger partial charge in [0.25, 0.3) is 5.91 Å². The highest BCUT2D eigenvalue weighted by atomic mass is 32.1. The number of fused-ring (bicyclic) bond motifs is 2. The highest BCUT2D eigenvalue weighted by molar-refractivity contribution is 7.15. The van der Waals surface area contributed by atoms with Crippen molar-refractivity contribution in [2.24, 2.45) is 0 Å². The van der Waals surface area contributed by atoms with Crippen LogP contribution in [0.5, 0.6) is 0 Å². The van der Waals surface area contributed by atoms with Crippen molar-refractivity contribution in [3.63, 3.8) is 0 Å². The standard InChI is InChI=1S/C15H12FN5OS/c1-9-3-2-4-21-12(16)11(19-13(9)21)14(22)17-7-10-8-20-5-6-23-15(20)18-10/h2-6,8H,7H2,1H3,(H,17,22). The van der Waals surface area contributed by atoms with Crippen molar-refractivity contribution in [1.82, 2.24) is 24.1 Å². The molecule has 4 aromatic heterocycles. The first-order valence-corrected chi connectivity index (χ1v) is 7.84. The number of thiazole rings is 1. The molecule has 0 atom stereocenters. The van der Waals surface area contributed by atoms with E-state index in [1.165, 1.54) is 15.7 Å². The number of carbonyl (C=O) groups excluding carboxylic acids is 1. The molecule has 1 amide bonds. The maximum absolute atomic E-state index is 14.3. The Morgan fingerprint density at radius 1 is 1.39 bits per heavy atom. The number of halogens is 1. The van der Waals surface area contributed by atoms with Crippen LogP contribution in [0.25, 0.3) is 10.6 Å². The fourth-order valence-electron chi connectivity index (χ4n) is 2.44. The van der Waals surface area contributed by atoms with Crippen LogP contribution in [-0.2, 0) is 6.54 Å². The first kappa shape index (κ1) is 13.9. The molecule has 4 aromatic rings. The summed E-state index contributed by atoms with van der Waals surface area (Å²) in [6.07, 6.45) is 5.27. The smallest absolute Gasteiger partial charge is 0.275 e. The fourth-order valence-corrected chi connectivity index (χ4v) is 3.15. The second-order valence-electron chi connectivity index (χ2n) is 5.14. The SMILES string of the molecule is Cc1cccn2c(F)c(C(=O)NCc3cn4ccsc4n3)nc12. The van der Waals surface area contributed by atoms with Gasteiger partial charge in [0, 0.05) is 24.0 Å². The number of hydrogen-bond acceptors (Lipinski definition) is 4. The first-order valence-electron chi connectivity index (χ1n) is 6.96. The van der Waals surface area contributed by atoms with Gasteiger partial charge in [0.15, 0.2) is 10.7 Å². The van der Waals surface area contributed by atoms with Gasteiger partial charge in [-0.15, -0.1) is 11.3 Å². The van der Waals surface area contributed by atoms with Gasteiger partial charge in [-0.1, -0.05) is 6.07 Å². The maximum Gasteiger partial charge on any atom is 0.275 e. The summed E-state index contributed by atoms with van der Waals surface area (Å²) in [5.41, 5.74) is 1.75. The van der Waals surface area contributed by atoms with E-state index in [0.29, 0.717) is 11.3 Å². The van der Waals surface area contributed by atoms with Crippen molar-refractivity contribution >= 4 is 27.9 Å². The summed E-state index contributed by atoms with van der Waals surface area (Å²) in [6.45, 7) is 2.04. The predicted octanol–water partition coefficient (Wildman–Crippen LogP) is 2.42. The fraction of sp³-hybridized carbons (Fsp3) is 0.133. The molecule has 0 saturated carbocycles. The number of aryl methyl sites for hydroxylation is 1. The lowest BCUT2D eigenvalue weighted by molar-refractivity contribution is 0.0941. The average molecular weight is 329 g/mol. The molecule has 0 saturated heterocycles. The van der Waals surface area contributed by atoms with Gasteiger partial charge in [-0.2, -0.15) is 4.39 Å². The Balaban J connectivity index is 1.58. The van der Waals surface area contributed by atoms with E-state index in [0.717, 1.165) is 10.5 Å². The van der Waals surface area contributed by atoms with Crippen molar-refractivity contribution in [2.75, 3.05) is 0 Å². The summed E-state index contributed by atoms with van der Waals surface area (Å²) in [4.78, 5) is 21.5. The van der Waals surface area contributed by atoms with Gasteiger partial charge in [-0.3, -0.25) is 13.6 Å². The van der Waals surface area contributed by atoms with Crippen LogP contribution >= 0.6 is 11.3 Å². The molecule has 1 N–H and O–H groups in total. The Morgan fingerprint density at radius 2 is 2.26 bits per heavy atom. The van der Waals surface area contributed by atoms with Crippen LogP contribution in [0.1, 0.15) is 21.7 Å². The van der Waals surface area contributed by atoms with Gasteiger partial charge < -0.3 is 5.32 Å². The summed E-state index contributed by atoms with van der Waals surface area (Å²) >= 11 is 1.51. The average Bonchev–Trinajstić information content (AvgIpc) is 3.19. The lowest BCUT2D eigenvalue weighted by Gasteiger charge is -2.00. The summed E-state index contributed by atoms with van der Waals surface area (Å²) in [5.74, 6) is -1.21. The number of nitrogens with one attached hydrogen (secondary N) is 1. The molecule has 4 heterocycles. The molecule has 0 unspecified atom stereocenters. The van der Waals surface area contributed by atoms with Crippen molar-refractivity contribution < 1.29 is 9.18 Å².